The van der Waals surface area contributed by atoms with Crippen LogP contribution in [-0.4, -0.2) is 26.0 Å². The van der Waals surface area contributed by atoms with Crippen molar-refractivity contribution in [1.82, 2.24) is 4.57 Å². The fourth-order valence-corrected chi connectivity index (χ4v) is 4.84. The highest BCUT2D eigenvalue weighted by Crippen LogP contribution is 2.24. The number of sulfone groups is 1. The van der Waals surface area contributed by atoms with Gasteiger partial charge in [-0.05, 0) is 68.8 Å². The van der Waals surface area contributed by atoms with Crippen LogP contribution in [0.1, 0.15) is 16.8 Å². The van der Waals surface area contributed by atoms with E-state index in [1.54, 1.807) is 32.0 Å². The summed E-state index contributed by atoms with van der Waals surface area (Å²) in [6.07, 6.45) is 0. The summed E-state index contributed by atoms with van der Waals surface area (Å²) in [5.41, 5.74) is 1.74. The Bertz CT molecular complexity index is 1280. The number of hydrogen-bond acceptors (Lipinski definition) is 5. The number of ether oxygens (including phenoxy) is 1. The molecule has 0 bridgehead atoms. The van der Waals surface area contributed by atoms with Crippen LogP contribution in [0.25, 0.3) is 0 Å². The van der Waals surface area contributed by atoms with Gasteiger partial charge in [0.15, 0.2) is 0 Å². The number of pyridine rings is 1. The number of hydrogen-bond donors (Lipinski definition) is 1. The van der Waals surface area contributed by atoms with Gasteiger partial charge >= 0.3 is 0 Å². The number of aryl methyl sites for hydroxylation is 3. The number of rotatable bonds is 6. The van der Waals surface area contributed by atoms with Gasteiger partial charge < -0.3 is 14.6 Å². The Kier molecular flexibility index (Phi) is 6.31. The molecule has 0 aliphatic carbocycles. The number of anilines is 1. The lowest BCUT2D eigenvalue weighted by atomic mass is 10.2. The number of amides is 1. The number of methoxy groups -OCH3 is 1. The van der Waals surface area contributed by atoms with Crippen molar-refractivity contribution >= 4 is 21.4 Å². The first kappa shape index (κ1) is 22.3. The number of benzene rings is 2. The Morgan fingerprint density at radius 3 is 2.19 bits per heavy atom. The third-order valence-corrected chi connectivity index (χ3v) is 6.85. The highest BCUT2D eigenvalue weighted by molar-refractivity contribution is 7.91. The van der Waals surface area contributed by atoms with Crippen LogP contribution in [0.3, 0.4) is 0 Å². The minimum atomic E-state index is -4.08. The zero-order valence-electron chi connectivity index (χ0n) is 17.8. The van der Waals surface area contributed by atoms with E-state index in [0.29, 0.717) is 22.7 Å². The van der Waals surface area contributed by atoms with E-state index >= 15 is 0 Å². The second-order valence-electron chi connectivity index (χ2n) is 7.28. The molecule has 1 N–H and O–H groups in total. The van der Waals surface area contributed by atoms with E-state index in [1.165, 1.54) is 35.9 Å². The van der Waals surface area contributed by atoms with Gasteiger partial charge in [0, 0.05) is 11.4 Å². The maximum Gasteiger partial charge on any atom is 0.270 e. The van der Waals surface area contributed by atoms with Crippen LogP contribution in [0.2, 0.25) is 0 Å². The molecular weight excluding hydrogens is 416 g/mol. The zero-order chi connectivity index (χ0) is 22.8. The number of carbonyl (C=O) groups is 1. The van der Waals surface area contributed by atoms with E-state index < -0.39 is 21.3 Å². The molecule has 2 aromatic carbocycles. The molecule has 3 rings (SSSR count). The largest absolute Gasteiger partial charge is 0.497 e. The first-order valence-electron chi connectivity index (χ1n) is 9.60. The summed E-state index contributed by atoms with van der Waals surface area (Å²) in [6, 6.07) is 14.7. The summed E-state index contributed by atoms with van der Waals surface area (Å²) in [6.45, 7) is 4.87. The van der Waals surface area contributed by atoms with Crippen LogP contribution in [0.4, 0.5) is 5.69 Å². The van der Waals surface area contributed by atoms with E-state index in [2.05, 4.69) is 5.32 Å². The van der Waals surface area contributed by atoms with Crippen molar-refractivity contribution in [2.75, 3.05) is 12.4 Å². The number of aromatic nitrogens is 1. The van der Waals surface area contributed by atoms with Crippen LogP contribution < -0.4 is 15.6 Å². The monoisotopic (exact) mass is 440 g/mol. The van der Waals surface area contributed by atoms with Crippen molar-refractivity contribution in [3.8, 4) is 5.75 Å². The maximum atomic E-state index is 13.2. The molecule has 0 spiro atoms. The fraction of sp³-hybridized carbons (Fsp3) is 0.217. The lowest BCUT2D eigenvalue weighted by molar-refractivity contribution is -0.116. The molecule has 1 heterocycles. The molecule has 0 fully saturated rings. The molecule has 0 saturated carbocycles. The van der Waals surface area contributed by atoms with Crippen LogP contribution in [0.5, 0.6) is 5.75 Å². The highest BCUT2D eigenvalue weighted by atomic mass is 32.2. The molecule has 0 aliphatic heterocycles. The van der Waals surface area contributed by atoms with Gasteiger partial charge in [-0.1, -0.05) is 17.7 Å². The second-order valence-corrected chi connectivity index (χ2v) is 9.17. The molecule has 7 nitrogen and oxygen atoms in total. The van der Waals surface area contributed by atoms with Crippen molar-refractivity contribution in [3.63, 3.8) is 0 Å². The number of nitrogens with zero attached hydrogens (tertiary/aromatic N) is 1. The fourth-order valence-electron chi connectivity index (χ4n) is 3.29. The summed E-state index contributed by atoms with van der Waals surface area (Å²) in [4.78, 5) is 25.3. The van der Waals surface area contributed by atoms with Crippen molar-refractivity contribution in [2.24, 2.45) is 0 Å². The van der Waals surface area contributed by atoms with Crippen molar-refractivity contribution in [2.45, 2.75) is 37.1 Å². The van der Waals surface area contributed by atoms with Crippen molar-refractivity contribution in [3.05, 3.63) is 81.8 Å². The summed E-state index contributed by atoms with van der Waals surface area (Å²) in [5, 5.41) is 2.73. The van der Waals surface area contributed by atoms with Gasteiger partial charge in [0.2, 0.25) is 15.7 Å². The first-order chi connectivity index (χ1) is 14.6. The van der Waals surface area contributed by atoms with E-state index in [-0.39, 0.29) is 16.3 Å². The highest BCUT2D eigenvalue weighted by Gasteiger charge is 2.26. The predicted molar refractivity (Wildman–Crippen MR) is 118 cm³/mol. The SMILES string of the molecule is COc1ccc(S(=O)(=O)c2c(C)cc(C)n(CC(=O)Nc3ccc(C)cc3)c2=O)cc1. The Morgan fingerprint density at radius 1 is 1.00 bits per heavy atom. The van der Waals surface area contributed by atoms with E-state index in [1.807, 2.05) is 19.1 Å². The lowest BCUT2D eigenvalue weighted by Crippen LogP contribution is -2.33. The molecule has 0 aliphatic rings. The molecule has 0 unspecified atom stereocenters. The molecule has 1 aromatic heterocycles. The van der Waals surface area contributed by atoms with Crippen LogP contribution >= 0.6 is 0 Å². The summed E-state index contributed by atoms with van der Waals surface area (Å²) >= 11 is 0. The molecule has 31 heavy (non-hydrogen) atoms. The van der Waals surface area contributed by atoms with Gasteiger partial charge in [0.25, 0.3) is 5.56 Å². The van der Waals surface area contributed by atoms with Gasteiger partial charge in [0.05, 0.1) is 12.0 Å². The first-order valence-corrected chi connectivity index (χ1v) is 11.1. The second kappa shape index (κ2) is 8.77. The van der Waals surface area contributed by atoms with Crippen LogP contribution in [0, 0.1) is 20.8 Å². The molecule has 0 atom stereocenters. The molecule has 0 saturated heterocycles. The molecule has 3 aromatic rings. The topological polar surface area (TPSA) is 94.5 Å². The average Bonchev–Trinajstić information content (AvgIpc) is 2.72. The molecule has 8 heteroatoms. The smallest absolute Gasteiger partial charge is 0.270 e. The Balaban J connectivity index is 1.98. The van der Waals surface area contributed by atoms with Crippen molar-refractivity contribution in [1.29, 1.82) is 0 Å². The minimum Gasteiger partial charge on any atom is -0.497 e. The average molecular weight is 441 g/mol. The normalized spacial score (nSPS) is 11.2. The van der Waals surface area contributed by atoms with Gasteiger partial charge in [-0.15, -0.1) is 0 Å². The summed E-state index contributed by atoms with van der Waals surface area (Å²) in [7, 11) is -2.60. The van der Waals surface area contributed by atoms with Crippen LogP contribution in [0.15, 0.2) is 69.2 Å². The Labute approximate surface area is 181 Å². The zero-order valence-corrected chi connectivity index (χ0v) is 18.6. The standard InChI is InChI=1S/C23H24N2O5S/c1-15-5-7-18(8-6-15)24-21(26)14-25-17(3)13-16(2)22(23(25)27)31(28,29)20-11-9-19(30-4)10-12-20/h5-13H,14H2,1-4H3,(H,24,26). The van der Waals surface area contributed by atoms with E-state index in [0.717, 1.165) is 5.56 Å². The van der Waals surface area contributed by atoms with E-state index in [4.69, 9.17) is 4.74 Å². The Hall–Kier alpha value is -3.39. The predicted octanol–water partition coefficient (Wildman–Crippen LogP) is 3.25. The third-order valence-electron chi connectivity index (χ3n) is 4.92. The summed E-state index contributed by atoms with van der Waals surface area (Å²) in [5.74, 6) is 0.0791. The molecule has 1 amide bonds. The van der Waals surface area contributed by atoms with Gasteiger partial charge in [-0.2, -0.15) is 0 Å². The maximum absolute atomic E-state index is 13.2. The third kappa shape index (κ3) is 4.69. The Morgan fingerprint density at radius 2 is 1.61 bits per heavy atom. The van der Waals surface area contributed by atoms with E-state index in [9.17, 15) is 18.0 Å². The van der Waals surface area contributed by atoms with Gasteiger partial charge in [-0.3, -0.25) is 9.59 Å². The van der Waals surface area contributed by atoms with Crippen molar-refractivity contribution < 1.29 is 17.9 Å². The molecule has 162 valence electrons. The summed E-state index contributed by atoms with van der Waals surface area (Å²) < 4.78 is 32.6. The minimum absolute atomic E-state index is 0.0204. The number of carbonyl (C=O) groups excluding carboxylic acids is 1. The number of nitrogens with one attached hydrogen (secondary N) is 1. The quantitative estimate of drug-likeness (QED) is 0.635. The van der Waals surface area contributed by atoms with Crippen LogP contribution in [-0.2, 0) is 21.2 Å². The molecule has 0 radical (unpaired) electrons. The molecular formula is C23H24N2O5S. The van der Waals surface area contributed by atoms with Gasteiger partial charge in [0.1, 0.15) is 17.2 Å². The lowest BCUT2D eigenvalue weighted by Gasteiger charge is -2.15. The van der Waals surface area contributed by atoms with Gasteiger partial charge in [-0.25, -0.2) is 8.42 Å².